The molecule has 5 nitrogen and oxygen atoms in total. The zero-order chi connectivity index (χ0) is 20.1. The third-order valence-electron chi connectivity index (χ3n) is 4.48. The van der Waals surface area contributed by atoms with E-state index in [-0.39, 0.29) is 17.2 Å². The number of carbonyl (C=O) groups excluding carboxylic acids is 1. The van der Waals surface area contributed by atoms with Crippen molar-refractivity contribution in [3.8, 4) is 0 Å². The van der Waals surface area contributed by atoms with Gasteiger partial charge in [-0.2, -0.15) is 0 Å². The fourth-order valence-corrected chi connectivity index (χ4v) is 3.86. The van der Waals surface area contributed by atoms with Gasteiger partial charge in [-0.3, -0.25) is 14.2 Å². The number of para-hydroxylation sites is 2. The minimum absolute atomic E-state index is 0.124. The van der Waals surface area contributed by atoms with Gasteiger partial charge in [0.1, 0.15) is 0 Å². The van der Waals surface area contributed by atoms with Crippen LogP contribution in [0.15, 0.2) is 65.1 Å². The second-order valence-electron chi connectivity index (χ2n) is 6.42. The lowest BCUT2D eigenvalue weighted by Crippen LogP contribution is -2.24. The summed E-state index contributed by atoms with van der Waals surface area (Å²) >= 11 is 1.25. The Morgan fingerprint density at radius 3 is 2.79 bits per heavy atom. The Bertz CT molecular complexity index is 1090. The van der Waals surface area contributed by atoms with E-state index in [1.165, 1.54) is 11.8 Å². The van der Waals surface area contributed by atoms with E-state index in [9.17, 15) is 9.59 Å². The normalized spacial score (nSPS) is 10.8. The molecule has 3 rings (SSSR count). The van der Waals surface area contributed by atoms with Crippen molar-refractivity contribution in [3.63, 3.8) is 0 Å². The van der Waals surface area contributed by atoms with E-state index in [1.807, 2.05) is 37.3 Å². The number of benzene rings is 2. The highest BCUT2D eigenvalue weighted by Crippen LogP contribution is 2.23. The van der Waals surface area contributed by atoms with Crippen molar-refractivity contribution in [1.82, 2.24) is 9.55 Å². The topological polar surface area (TPSA) is 64.0 Å². The summed E-state index contributed by atoms with van der Waals surface area (Å²) in [5.41, 5.74) is 3.50. The van der Waals surface area contributed by atoms with E-state index >= 15 is 0 Å². The highest BCUT2D eigenvalue weighted by atomic mass is 32.2. The second kappa shape index (κ2) is 8.89. The van der Waals surface area contributed by atoms with E-state index in [0.717, 1.165) is 23.2 Å². The van der Waals surface area contributed by atoms with Crippen LogP contribution in [0.25, 0.3) is 10.9 Å². The SMILES string of the molecule is C=CCn1c(SCC(=O)Nc2c(C)cccc2CC)nc2ccccc2c1=O. The highest BCUT2D eigenvalue weighted by Gasteiger charge is 2.14. The summed E-state index contributed by atoms with van der Waals surface area (Å²) in [7, 11) is 0. The van der Waals surface area contributed by atoms with Gasteiger partial charge in [-0.15, -0.1) is 6.58 Å². The maximum Gasteiger partial charge on any atom is 0.262 e. The van der Waals surface area contributed by atoms with Gasteiger partial charge in [0, 0.05) is 12.2 Å². The summed E-state index contributed by atoms with van der Waals surface area (Å²) in [5.74, 6) is 0.0425. The number of hydrogen-bond acceptors (Lipinski definition) is 4. The molecular formula is C22H23N3O2S. The second-order valence-corrected chi connectivity index (χ2v) is 7.36. The molecule has 0 unspecified atom stereocenters. The molecule has 2 aromatic carbocycles. The van der Waals surface area contributed by atoms with Gasteiger partial charge in [0.2, 0.25) is 5.91 Å². The first-order valence-electron chi connectivity index (χ1n) is 9.16. The Morgan fingerprint density at radius 1 is 1.25 bits per heavy atom. The minimum Gasteiger partial charge on any atom is -0.325 e. The van der Waals surface area contributed by atoms with Gasteiger partial charge in [-0.25, -0.2) is 4.98 Å². The summed E-state index contributed by atoms with van der Waals surface area (Å²) in [6.45, 7) is 8.11. The fourth-order valence-electron chi connectivity index (χ4n) is 3.06. The molecule has 0 fully saturated rings. The van der Waals surface area contributed by atoms with E-state index < -0.39 is 0 Å². The zero-order valence-corrected chi connectivity index (χ0v) is 16.9. The number of rotatable bonds is 7. The fraction of sp³-hybridized carbons (Fsp3) is 0.227. The van der Waals surface area contributed by atoms with Crippen molar-refractivity contribution < 1.29 is 4.79 Å². The zero-order valence-electron chi connectivity index (χ0n) is 16.1. The monoisotopic (exact) mass is 393 g/mol. The minimum atomic E-state index is -0.124. The first-order chi connectivity index (χ1) is 13.5. The molecule has 0 atom stereocenters. The molecule has 1 heterocycles. The average molecular weight is 394 g/mol. The molecule has 0 saturated heterocycles. The Kier molecular flexibility index (Phi) is 6.31. The molecule has 0 aliphatic heterocycles. The van der Waals surface area contributed by atoms with Crippen molar-refractivity contribution in [2.24, 2.45) is 0 Å². The molecule has 144 valence electrons. The van der Waals surface area contributed by atoms with Crippen LogP contribution < -0.4 is 10.9 Å². The van der Waals surface area contributed by atoms with Crippen LogP contribution >= 0.6 is 11.8 Å². The first-order valence-corrected chi connectivity index (χ1v) is 10.1. The molecule has 0 bridgehead atoms. The Labute approximate surface area is 168 Å². The lowest BCUT2D eigenvalue weighted by Gasteiger charge is -2.14. The van der Waals surface area contributed by atoms with Crippen LogP contribution in [-0.2, 0) is 17.8 Å². The van der Waals surface area contributed by atoms with Crippen LogP contribution in [0.5, 0.6) is 0 Å². The lowest BCUT2D eigenvalue weighted by molar-refractivity contribution is -0.113. The number of aromatic nitrogens is 2. The molecule has 0 saturated carbocycles. The van der Waals surface area contributed by atoms with Gasteiger partial charge >= 0.3 is 0 Å². The standard InChI is InChI=1S/C22H23N3O2S/c1-4-13-25-21(27)17-11-6-7-12-18(17)23-22(25)28-14-19(26)24-20-15(3)9-8-10-16(20)5-2/h4,6-12H,1,5,13-14H2,2-3H3,(H,24,26). The molecular weight excluding hydrogens is 370 g/mol. The van der Waals surface area contributed by atoms with Crippen molar-refractivity contribution in [3.05, 3.63) is 76.6 Å². The number of nitrogens with zero attached hydrogens (tertiary/aromatic N) is 2. The van der Waals surface area contributed by atoms with Crippen molar-refractivity contribution in [2.45, 2.75) is 32.0 Å². The summed E-state index contributed by atoms with van der Waals surface area (Å²) in [6, 6.07) is 13.2. The third kappa shape index (κ3) is 4.17. The van der Waals surface area contributed by atoms with E-state index in [2.05, 4.69) is 23.8 Å². The molecule has 1 amide bonds. The van der Waals surface area contributed by atoms with Gasteiger partial charge in [0.05, 0.1) is 16.7 Å². The van der Waals surface area contributed by atoms with Crippen molar-refractivity contribution >= 4 is 34.3 Å². The highest BCUT2D eigenvalue weighted by molar-refractivity contribution is 7.99. The molecule has 6 heteroatoms. The molecule has 0 spiro atoms. The van der Waals surface area contributed by atoms with Gasteiger partial charge < -0.3 is 5.32 Å². The molecule has 0 radical (unpaired) electrons. The smallest absolute Gasteiger partial charge is 0.262 e. The first kappa shape index (κ1) is 19.9. The molecule has 1 aromatic heterocycles. The largest absolute Gasteiger partial charge is 0.325 e. The molecule has 3 aromatic rings. The Morgan fingerprint density at radius 2 is 2.04 bits per heavy atom. The van der Waals surface area contributed by atoms with Crippen LogP contribution in [0.3, 0.4) is 0 Å². The van der Waals surface area contributed by atoms with E-state index in [4.69, 9.17) is 0 Å². The van der Waals surface area contributed by atoms with Gasteiger partial charge in [0.15, 0.2) is 5.16 Å². The number of allylic oxidation sites excluding steroid dienone is 1. The van der Waals surface area contributed by atoms with Gasteiger partial charge in [-0.1, -0.05) is 55.1 Å². The van der Waals surface area contributed by atoms with Gasteiger partial charge in [0.25, 0.3) is 5.56 Å². The predicted molar refractivity (Wildman–Crippen MR) is 116 cm³/mol. The summed E-state index contributed by atoms with van der Waals surface area (Å²) in [6.07, 6.45) is 2.50. The Hall–Kier alpha value is -2.86. The van der Waals surface area contributed by atoms with Crippen molar-refractivity contribution in [1.29, 1.82) is 0 Å². The maximum atomic E-state index is 12.8. The average Bonchev–Trinajstić information content (AvgIpc) is 2.70. The number of nitrogens with one attached hydrogen (secondary N) is 1. The van der Waals surface area contributed by atoms with Crippen LogP contribution in [0.2, 0.25) is 0 Å². The van der Waals surface area contributed by atoms with Crippen LogP contribution in [0, 0.1) is 6.92 Å². The quantitative estimate of drug-likeness (QED) is 0.371. The predicted octanol–water partition coefficient (Wildman–Crippen LogP) is 4.18. The van der Waals surface area contributed by atoms with E-state index in [0.29, 0.717) is 22.6 Å². The van der Waals surface area contributed by atoms with Crippen LogP contribution in [0.4, 0.5) is 5.69 Å². The summed E-state index contributed by atoms with van der Waals surface area (Å²) in [4.78, 5) is 29.9. The maximum absolute atomic E-state index is 12.8. The summed E-state index contributed by atoms with van der Waals surface area (Å²) < 4.78 is 1.55. The van der Waals surface area contributed by atoms with Gasteiger partial charge in [-0.05, 0) is 36.6 Å². The lowest BCUT2D eigenvalue weighted by atomic mass is 10.1. The molecule has 1 N–H and O–H groups in total. The third-order valence-corrected chi connectivity index (χ3v) is 5.45. The molecule has 0 aliphatic carbocycles. The number of carbonyl (C=O) groups is 1. The van der Waals surface area contributed by atoms with Crippen LogP contribution in [-0.4, -0.2) is 21.2 Å². The Balaban J connectivity index is 1.83. The number of amides is 1. The number of anilines is 1. The molecule has 0 aliphatic rings. The van der Waals surface area contributed by atoms with Crippen molar-refractivity contribution in [2.75, 3.05) is 11.1 Å². The number of aryl methyl sites for hydroxylation is 2. The molecule has 28 heavy (non-hydrogen) atoms. The number of fused-ring (bicyclic) bond motifs is 1. The number of hydrogen-bond donors (Lipinski definition) is 1. The number of thioether (sulfide) groups is 1. The summed E-state index contributed by atoms with van der Waals surface area (Å²) in [5, 5.41) is 4.08. The van der Waals surface area contributed by atoms with E-state index in [1.54, 1.807) is 22.8 Å². The van der Waals surface area contributed by atoms with Crippen LogP contribution in [0.1, 0.15) is 18.1 Å².